The molecule has 9 heteroatoms. The van der Waals surface area contributed by atoms with Gasteiger partial charge in [0.2, 0.25) is 0 Å². The molecule has 1 aliphatic heterocycles. The number of benzene rings is 3. The number of carbonyl (C=O) groups excluding carboxylic acids is 3. The molecule has 28 heavy (non-hydrogen) atoms. The monoisotopic (exact) mass is 396 g/mol. The number of rotatable bonds is 4. The van der Waals surface area contributed by atoms with Crippen molar-refractivity contribution in [3.63, 3.8) is 0 Å². The third-order valence-corrected chi connectivity index (χ3v) is 5.49. The molecule has 0 spiro atoms. The predicted octanol–water partition coefficient (Wildman–Crippen LogP) is 1.12. The molecule has 0 aliphatic carbocycles. The topological polar surface area (TPSA) is 121 Å². The number of carbonyl (C=O) groups is 3. The normalized spacial score (nSPS) is 13.8. The van der Waals surface area contributed by atoms with Gasteiger partial charge >= 0.3 is 10.1 Å². The van der Waals surface area contributed by atoms with Crippen molar-refractivity contribution in [3.05, 3.63) is 77.4 Å². The average Bonchev–Trinajstić information content (AvgIpc) is 2.69. The van der Waals surface area contributed by atoms with E-state index in [9.17, 15) is 27.9 Å². The number of hydrogen-bond donors (Lipinski definition) is 0. The van der Waals surface area contributed by atoms with E-state index in [1.807, 2.05) is 0 Å². The van der Waals surface area contributed by atoms with Crippen molar-refractivity contribution in [2.45, 2.75) is 4.90 Å². The van der Waals surface area contributed by atoms with Crippen LogP contribution in [0.4, 0.5) is 0 Å². The van der Waals surface area contributed by atoms with Crippen molar-refractivity contribution in [3.8, 4) is 0 Å². The van der Waals surface area contributed by atoms with Gasteiger partial charge in [-0.15, -0.1) is 9.35 Å². The Bertz CT molecular complexity index is 1240. The molecule has 0 fully saturated rings. The molecule has 8 nitrogen and oxygen atoms in total. The van der Waals surface area contributed by atoms with Crippen molar-refractivity contribution in [2.24, 2.45) is 0 Å². The van der Waals surface area contributed by atoms with Crippen LogP contribution in [0.15, 0.2) is 65.6 Å². The zero-order valence-electron chi connectivity index (χ0n) is 14.0. The van der Waals surface area contributed by atoms with E-state index in [0.717, 1.165) is 6.07 Å². The van der Waals surface area contributed by atoms with E-state index in [2.05, 4.69) is 0 Å². The summed E-state index contributed by atoms with van der Waals surface area (Å²) in [6.45, 7) is 0. The smallest absolute Gasteiger partial charge is 0.318 e. The molecule has 140 valence electrons. The maximum Gasteiger partial charge on any atom is 0.318 e. The van der Waals surface area contributed by atoms with Gasteiger partial charge in [-0.3, -0.25) is 9.59 Å². The zero-order valence-corrected chi connectivity index (χ0v) is 14.8. The van der Waals surface area contributed by atoms with Gasteiger partial charge in [0.15, 0.2) is 0 Å². The number of nitrogens with zero attached hydrogens (tertiary/aromatic N) is 1. The second-order valence-electron chi connectivity index (χ2n) is 5.92. The minimum Gasteiger partial charge on any atom is -0.545 e. The number of amides is 2. The van der Waals surface area contributed by atoms with Gasteiger partial charge < -0.3 is 9.90 Å². The van der Waals surface area contributed by atoms with Crippen molar-refractivity contribution in [1.29, 1.82) is 0 Å². The van der Waals surface area contributed by atoms with Crippen LogP contribution >= 0.6 is 0 Å². The molecule has 0 aromatic heterocycles. The lowest BCUT2D eigenvalue weighted by Crippen LogP contribution is -2.42. The Morgan fingerprint density at radius 2 is 1.50 bits per heavy atom. The summed E-state index contributed by atoms with van der Waals surface area (Å²) in [5.41, 5.74) is -0.301. The molecule has 0 saturated carbocycles. The standard InChI is InChI=1S/C19H11NO7S/c21-17-14-8-4-7-12-13(19(23)24)9-10-15(16(12)14)18(22)20(17)27-28(25,26)11-5-2-1-3-6-11/h1-10H,(H,23,24)/p-1. The fourth-order valence-corrected chi connectivity index (χ4v) is 3.96. The second-order valence-corrected chi connectivity index (χ2v) is 7.45. The Morgan fingerprint density at radius 3 is 2.14 bits per heavy atom. The van der Waals surface area contributed by atoms with Crippen LogP contribution in [0, 0.1) is 0 Å². The Kier molecular flexibility index (Phi) is 3.98. The summed E-state index contributed by atoms with van der Waals surface area (Å²) in [6.07, 6.45) is 0. The molecule has 0 radical (unpaired) electrons. The van der Waals surface area contributed by atoms with Crippen LogP contribution < -0.4 is 5.11 Å². The van der Waals surface area contributed by atoms with Crippen LogP contribution in [0.3, 0.4) is 0 Å². The zero-order chi connectivity index (χ0) is 20.1. The minimum absolute atomic E-state index is 0.0570. The summed E-state index contributed by atoms with van der Waals surface area (Å²) < 4.78 is 29.7. The third kappa shape index (κ3) is 2.65. The van der Waals surface area contributed by atoms with Crippen LogP contribution in [-0.4, -0.2) is 31.3 Å². The van der Waals surface area contributed by atoms with Crippen LogP contribution in [0.25, 0.3) is 10.8 Å². The average molecular weight is 396 g/mol. The molecule has 4 rings (SSSR count). The first kappa shape index (κ1) is 17.8. The Balaban J connectivity index is 1.84. The highest BCUT2D eigenvalue weighted by Crippen LogP contribution is 2.33. The summed E-state index contributed by atoms with van der Waals surface area (Å²) in [5.74, 6) is -3.50. The molecule has 3 aromatic rings. The molecule has 0 atom stereocenters. The predicted molar refractivity (Wildman–Crippen MR) is 93.5 cm³/mol. The highest BCUT2D eigenvalue weighted by atomic mass is 32.2. The first-order valence-corrected chi connectivity index (χ1v) is 9.37. The van der Waals surface area contributed by atoms with E-state index in [1.165, 1.54) is 48.5 Å². The van der Waals surface area contributed by atoms with E-state index >= 15 is 0 Å². The summed E-state index contributed by atoms with van der Waals surface area (Å²) >= 11 is 0. The number of hydrogen-bond acceptors (Lipinski definition) is 7. The maximum atomic E-state index is 12.8. The van der Waals surface area contributed by atoms with Gasteiger partial charge in [0, 0.05) is 10.9 Å². The lowest BCUT2D eigenvalue weighted by Gasteiger charge is -2.26. The fraction of sp³-hybridized carbons (Fsp3) is 0. The van der Waals surface area contributed by atoms with Gasteiger partial charge in [-0.2, -0.15) is 8.42 Å². The molecular weight excluding hydrogens is 386 g/mol. The highest BCUT2D eigenvalue weighted by Gasteiger charge is 2.38. The number of aromatic carboxylic acids is 1. The van der Waals surface area contributed by atoms with Gasteiger partial charge in [-0.05, 0) is 29.7 Å². The number of carboxylic acid groups (broad SMARTS) is 1. The first-order valence-electron chi connectivity index (χ1n) is 7.97. The van der Waals surface area contributed by atoms with Gasteiger partial charge in [-0.25, -0.2) is 0 Å². The molecule has 1 heterocycles. The Hall–Kier alpha value is -3.56. The first-order chi connectivity index (χ1) is 13.3. The summed E-state index contributed by atoms with van der Waals surface area (Å²) in [6, 6.07) is 13.6. The lowest BCUT2D eigenvalue weighted by molar-refractivity contribution is -0.254. The molecule has 2 amide bonds. The fourth-order valence-electron chi connectivity index (χ4n) is 3.05. The largest absolute Gasteiger partial charge is 0.545 e. The summed E-state index contributed by atoms with van der Waals surface area (Å²) in [4.78, 5) is 36.6. The quantitative estimate of drug-likeness (QED) is 0.606. The van der Waals surface area contributed by atoms with E-state index in [4.69, 9.17) is 4.28 Å². The van der Waals surface area contributed by atoms with E-state index in [0.29, 0.717) is 0 Å². The van der Waals surface area contributed by atoms with Gasteiger partial charge in [0.1, 0.15) is 0 Å². The van der Waals surface area contributed by atoms with E-state index < -0.39 is 27.9 Å². The molecular formula is C19H10NO7S-. The number of hydroxylamine groups is 2. The van der Waals surface area contributed by atoms with Gasteiger partial charge in [0.05, 0.1) is 22.0 Å². The molecule has 0 unspecified atom stereocenters. The second kappa shape index (κ2) is 6.25. The van der Waals surface area contributed by atoms with Gasteiger partial charge in [-0.1, -0.05) is 36.4 Å². The van der Waals surface area contributed by atoms with Crippen molar-refractivity contribution in [2.75, 3.05) is 0 Å². The lowest BCUT2D eigenvalue weighted by atomic mass is 9.92. The van der Waals surface area contributed by atoms with Crippen molar-refractivity contribution in [1.82, 2.24) is 5.06 Å². The highest BCUT2D eigenvalue weighted by molar-refractivity contribution is 7.86. The van der Waals surface area contributed by atoms with E-state index in [1.54, 1.807) is 6.07 Å². The van der Waals surface area contributed by atoms with Crippen LogP contribution in [-0.2, 0) is 14.4 Å². The van der Waals surface area contributed by atoms with Crippen molar-refractivity contribution >= 4 is 38.7 Å². The summed E-state index contributed by atoms with van der Waals surface area (Å²) in [7, 11) is -4.44. The maximum absolute atomic E-state index is 12.8. The van der Waals surface area contributed by atoms with Crippen LogP contribution in [0.5, 0.6) is 0 Å². The van der Waals surface area contributed by atoms with Gasteiger partial charge in [0.25, 0.3) is 11.8 Å². The molecule has 0 saturated heterocycles. The molecule has 1 aliphatic rings. The Morgan fingerprint density at radius 1 is 0.857 bits per heavy atom. The molecule has 3 aromatic carbocycles. The summed E-state index contributed by atoms with van der Waals surface area (Å²) in [5, 5.41) is 11.7. The Labute approximate surface area is 158 Å². The van der Waals surface area contributed by atoms with Crippen molar-refractivity contribution < 1.29 is 32.2 Å². The SMILES string of the molecule is O=C([O-])c1ccc2c3c(cccc13)C(=O)N(OS(=O)(=O)c1ccccc1)C2=O. The van der Waals surface area contributed by atoms with E-state index in [-0.39, 0.29) is 37.4 Å². The molecule has 0 N–H and O–H groups in total. The third-order valence-electron chi connectivity index (χ3n) is 4.29. The minimum atomic E-state index is -4.44. The van der Waals surface area contributed by atoms with Crippen LogP contribution in [0.2, 0.25) is 0 Å². The number of carboxylic acids is 1. The van der Waals surface area contributed by atoms with Crippen LogP contribution in [0.1, 0.15) is 31.1 Å². The molecule has 0 bridgehead atoms. The number of imide groups is 1.